The Morgan fingerprint density at radius 3 is 1.20 bits per heavy atom. The first-order chi connectivity index (χ1) is 27.3. The number of amides is 1. The molecule has 0 aliphatic rings. The molecule has 0 radical (unpaired) electrons. The van der Waals surface area contributed by atoms with Gasteiger partial charge in [0.15, 0.2) is 0 Å². The molecule has 0 aromatic rings. The first-order valence-electron chi connectivity index (χ1n) is 24.2. The number of nitrogens with one attached hydrogen (secondary N) is 1. The van der Waals surface area contributed by atoms with Gasteiger partial charge in [0.2, 0.25) is 5.91 Å². The van der Waals surface area contributed by atoms with Crippen LogP contribution >= 0.6 is 7.82 Å². The number of phosphoric ester groups is 1. The van der Waals surface area contributed by atoms with Crippen LogP contribution in [0.1, 0.15) is 251 Å². The highest BCUT2D eigenvalue weighted by atomic mass is 31.2. The quantitative estimate of drug-likeness (QED) is 0.0301. The number of hydrogen-bond acceptors (Lipinski definition) is 7. The molecule has 1 amide bonds. The van der Waals surface area contributed by atoms with Gasteiger partial charge in [0.1, 0.15) is 0 Å². The molecule has 56 heavy (non-hydrogen) atoms. The molecule has 336 valence electrons. The van der Waals surface area contributed by atoms with Crippen LogP contribution in [0.5, 0.6) is 0 Å². The highest BCUT2D eigenvalue weighted by Crippen LogP contribution is 2.43. The monoisotopic (exact) mass is 819 g/mol. The van der Waals surface area contributed by atoms with Crippen molar-refractivity contribution in [3.05, 3.63) is 0 Å². The van der Waals surface area contributed by atoms with Crippen LogP contribution in [0.25, 0.3) is 0 Å². The SMILES string of the molecule is CCCCCCCCCCCCCCCCCCCC(O)CC(=O)NC(COP(=O)(O)OCCN)C(O)CCCCCCCCCCCCCCCCCCC. The average Bonchev–Trinajstić information content (AvgIpc) is 3.17. The zero-order chi connectivity index (χ0) is 41.2. The Hall–Kier alpha value is -0.540. The lowest BCUT2D eigenvalue weighted by Gasteiger charge is -2.25. The van der Waals surface area contributed by atoms with E-state index < -0.39 is 32.0 Å². The summed E-state index contributed by atoms with van der Waals surface area (Å²) in [4.78, 5) is 22.8. The molecule has 10 heteroatoms. The molecule has 0 saturated heterocycles. The van der Waals surface area contributed by atoms with Crippen molar-refractivity contribution in [3.63, 3.8) is 0 Å². The van der Waals surface area contributed by atoms with Gasteiger partial charge in [-0.2, -0.15) is 0 Å². The van der Waals surface area contributed by atoms with Crippen LogP contribution in [0, 0.1) is 0 Å². The van der Waals surface area contributed by atoms with Gasteiger partial charge in [0.05, 0.1) is 37.9 Å². The van der Waals surface area contributed by atoms with Gasteiger partial charge in [-0.15, -0.1) is 0 Å². The maximum atomic E-state index is 12.9. The maximum Gasteiger partial charge on any atom is 0.472 e. The van der Waals surface area contributed by atoms with Gasteiger partial charge in [0.25, 0.3) is 0 Å². The second-order valence-corrected chi connectivity index (χ2v) is 18.3. The van der Waals surface area contributed by atoms with Crippen LogP contribution in [0.3, 0.4) is 0 Å². The van der Waals surface area contributed by atoms with E-state index in [1.54, 1.807) is 0 Å². The molecule has 0 aliphatic heterocycles. The summed E-state index contributed by atoms with van der Waals surface area (Å²) in [5.74, 6) is -0.407. The normalized spacial score (nSPS) is 14.5. The molecule has 0 rings (SSSR count). The predicted molar refractivity (Wildman–Crippen MR) is 237 cm³/mol. The van der Waals surface area contributed by atoms with Gasteiger partial charge >= 0.3 is 7.82 Å². The van der Waals surface area contributed by atoms with Crippen molar-refractivity contribution in [2.45, 2.75) is 270 Å². The average molecular weight is 819 g/mol. The lowest BCUT2D eigenvalue weighted by Crippen LogP contribution is -2.47. The van der Waals surface area contributed by atoms with E-state index in [9.17, 15) is 24.5 Å². The van der Waals surface area contributed by atoms with E-state index in [2.05, 4.69) is 19.2 Å². The summed E-state index contributed by atoms with van der Waals surface area (Å²) in [5.41, 5.74) is 5.38. The number of aliphatic hydroxyl groups is 2. The smallest absolute Gasteiger partial charge is 0.393 e. The number of hydrogen-bond donors (Lipinski definition) is 5. The molecule has 6 N–H and O–H groups in total. The Morgan fingerprint density at radius 2 is 0.857 bits per heavy atom. The summed E-state index contributed by atoms with van der Waals surface area (Å²) in [7, 11) is -4.37. The van der Waals surface area contributed by atoms with E-state index in [1.807, 2.05) is 0 Å². The minimum Gasteiger partial charge on any atom is -0.393 e. The topological polar surface area (TPSA) is 151 Å². The number of aliphatic hydroxyl groups excluding tert-OH is 2. The highest BCUT2D eigenvalue weighted by Gasteiger charge is 2.28. The molecule has 0 aromatic heterocycles. The Bertz CT molecular complexity index is 867. The van der Waals surface area contributed by atoms with Gasteiger partial charge in [0, 0.05) is 6.54 Å². The van der Waals surface area contributed by atoms with Crippen LogP contribution in [0.4, 0.5) is 0 Å². The summed E-state index contributed by atoms with van der Waals surface area (Å²) >= 11 is 0. The first-order valence-corrected chi connectivity index (χ1v) is 25.7. The van der Waals surface area contributed by atoms with E-state index >= 15 is 0 Å². The third-order valence-corrected chi connectivity index (χ3v) is 12.2. The van der Waals surface area contributed by atoms with Crippen LogP contribution < -0.4 is 11.1 Å². The lowest BCUT2D eigenvalue weighted by molar-refractivity contribution is -0.125. The molecule has 0 heterocycles. The largest absolute Gasteiger partial charge is 0.472 e. The maximum absolute atomic E-state index is 12.9. The minimum atomic E-state index is -4.37. The molecule has 0 aliphatic carbocycles. The van der Waals surface area contributed by atoms with Crippen LogP contribution in [-0.4, -0.2) is 59.0 Å². The number of unbranched alkanes of at least 4 members (excludes halogenated alkanes) is 32. The van der Waals surface area contributed by atoms with Crippen LogP contribution in [-0.2, 0) is 18.4 Å². The molecule has 9 nitrogen and oxygen atoms in total. The predicted octanol–water partition coefficient (Wildman–Crippen LogP) is 12.8. The number of phosphoric acid groups is 1. The molecule has 0 saturated carbocycles. The zero-order valence-corrected chi connectivity index (χ0v) is 37.9. The van der Waals surface area contributed by atoms with Crippen molar-refractivity contribution in [1.82, 2.24) is 5.32 Å². The van der Waals surface area contributed by atoms with Crippen molar-refractivity contribution in [2.75, 3.05) is 19.8 Å². The number of nitrogens with two attached hydrogens (primary N) is 1. The van der Waals surface area contributed by atoms with Gasteiger partial charge in [-0.1, -0.05) is 232 Å². The van der Waals surface area contributed by atoms with Gasteiger partial charge in [-0.3, -0.25) is 13.8 Å². The Kier molecular flexibility index (Phi) is 42.2. The fraction of sp³-hybridized carbons (Fsp3) is 0.978. The summed E-state index contributed by atoms with van der Waals surface area (Å²) in [6.07, 6.45) is 42.9. The molecule has 0 spiro atoms. The van der Waals surface area contributed by atoms with Crippen LogP contribution in [0.2, 0.25) is 0 Å². The second kappa shape index (κ2) is 42.6. The Labute approximate surface area is 346 Å². The molecule has 0 aromatic carbocycles. The van der Waals surface area contributed by atoms with E-state index in [-0.39, 0.29) is 26.2 Å². The standard InChI is InChI=1S/C46H95N2O7P/c1-3-5-7-9-11-13-15-17-19-21-23-25-27-29-31-33-35-37-43(49)41-46(51)48-44(42-55-56(52,53)54-40-39-47)45(50)38-36-34-32-30-28-26-24-22-20-18-16-14-12-10-8-6-4-2/h43-45,49-50H,3-42,47H2,1-2H3,(H,48,51)(H,52,53). The Balaban J connectivity index is 4.16. The van der Waals surface area contributed by atoms with Gasteiger partial charge in [-0.05, 0) is 12.8 Å². The molecule has 0 bridgehead atoms. The van der Waals surface area contributed by atoms with Crippen molar-refractivity contribution in [1.29, 1.82) is 0 Å². The van der Waals surface area contributed by atoms with Crippen LogP contribution in [0.15, 0.2) is 0 Å². The first kappa shape index (κ1) is 55.5. The van der Waals surface area contributed by atoms with Gasteiger partial charge < -0.3 is 26.2 Å². The van der Waals surface area contributed by atoms with Crippen molar-refractivity contribution >= 4 is 13.7 Å². The van der Waals surface area contributed by atoms with E-state index in [0.717, 1.165) is 38.5 Å². The van der Waals surface area contributed by atoms with E-state index in [1.165, 1.54) is 180 Å². The van der Waals surface area contributed by atoms with Crippen molar-refractivity contribution < 1.29 is 33.5 Å². The number of rotatable bonds is 46. The fourth-order valence-electron chi connectivity index (χ4n) is 7.59. The number of carbonyl (C=O) groups is 1. The fourth-order valence-corrected chi connectivity index (χ4v) is 8.35. The van der Waals surface area contributed by atoms with Gasteiger partial charge in [-0.25, -0.2) is 4.57 Å². The van der Waals surface area contributed by atoms with Crippen molar-refractivity contribution in [2.24, 2.45) is 5.73 Å². The summed E-state index contributed by atoms with van der Waals surface area (Å²) in [6, 6.07) is -0.891. The minimum absolute atomic E-state index is 0.0628. The second-order valence-electron chi connectivity index (χ2n) is 16.9. The highest BCUT2D eigenvalue weighted by molar-refractivity contribution is 7.47. The molecular formula is C46H95N2O7P. The summed E-state index contributed by atoms with van der Waals surface area (Å²) in [6.45, 7) is 4.09. The molecule has 4 atom stereocenters. The molecule has 4 unspecified atom stereocenters. The third kappa shape index (κ3) is 40.2. The lowest BCUT2D eigenvalue weighted by atomic mass is 10.0. The Morgan fingerprint density at radius 1 is 0.536 bits per heavy atom. The summed E-state index contributed by atoms with van der Waals surface area (Å²) in [5, 5.41) is 24.3. The summed E-state index contributed by atoms with van der Waals surface area (Å²) < 4.78 is 22.2. The van der Waals surface area contributed by atoms with E-state index in [0.29, 0.717) is 12.8 Å². The van der Waals surface area contributed by atoms with Crippen molar-refractivity contribution in [3.8, 4) is 0 Å². The number of carbonyl (C=O) groups excluding carboxylic acids is 1. The third-order valence-electron chi connectivity index (χ3n) is 11.3. The van der Waals surface area contributed by atoms with E-state index in [4.69, 9.17) is 14.8 Å². The molecular weight excluding hydrogens is 723 g/mol. The zero-order valence-electron chi connectivity index (χ0n) is 37.0. The molecule has 0 fully saturated rings.